The molecule has 2 aliphatic heterocycles. The lowest BCUT2D eigenvalue weighted by molar-refractivity contribution is -0.241. The van der Waals surface area contributed by atoms with Crippen LogP contribution < -0.4 is 0 Å². The smallest absolute Gasteiger partial charge is 0.175 e. The zero-order valence-electron chi connectivity index (χ0n) is 8.94. The largest absolute Gasteiger partial charge is 0.381 e. The Morgan fingerprint density at radius 2 is 2.07 bits per heavy atom. The van der Waals surface area contributed by atoms with Crippen LogP contribution in [0, 0.1) is 5.92 Å². The second-order valence-electron chi connectivity index (χ2n) is 4.13. The summed E-state index contributed by atoms with van der Waals surface area (Å²) in [4.78, 5) is 10.3. The van der Waals surface area contributed by atoms with Gasteiger partial charge >= 0.3 is 0 Å². The minimum atomic E-state index is -0.402. The molecule has 1 spiro atoms. The monoisotopic (exact) mass is 214 g/mol. The van der Waals surface area contributed by atoms with Crippen LogP contribution in [-0.2, 0) is 19.0 Å². The summed E-state index contributed by atoms with van der Waals surface area (Å²) in [6.07, 6.45) is 4.24. The van der Waals surface area contributed by atoms with Crippen molar-refractivity contribution in [3.05, 3.63) is 0 Å². The van der Waals surface area contributed by atoms with Gasteiger partial charge in [0.1, 0.15) is 6.29 Å². The lowest BCUT2D eigenvalue weighted by atomic mass is 9.89. The van der Waals surface area contributed by atoms with Gasteiger partial charge in [0.15, 0.2) is 5.79 Å². The molecule has 2 rings (SSSR count). The zero-order valence-corrected chi connectivity index (χ0v) is 8.94. The van der Waals surface area contributed by atoms with Crippen LogP contribution in [0.4, 0.5) is 0 Å². The van der Waals surface area contributed by atoms with Crippen LogP contribution in [0.15, 0.2) is 0 Å². The van der Waals surface area contributed by atoms with E-state index < -0.39 is 5.79 Å². The highest BCUT2D eigenvalue weighted by atomic mass is 16.7. The Balaban J connectivity index is 1.90. The van der Waals surface area contributed by atoms with Crippen molar-refractivity contribution in [2.75, 3.05) is 26.4 Å². The van der Waals surface area contributed by atoms with Crippen molar-refractivity contribution in [1.82, 2.24) is 0 Å². The van der Waals surface area contributed by atoms with E-state index in [0.717, 1.165) is 25.5 Å². The van der Waals surface area contributed by atoms with E-state index in [1.807, 2.05) is 0 Å². The second kappa shape index (κ2) is 5.05. The Morgan fingerprint density at radius 3 is 2.80 bits per heavy atom. The summed E-state index contributed by atoms with van der Waals surface area (Å²) in [5.74, 6) is -0.116. The summed E-state index contributed by atoms with van der Waals surface area (Å²) in [6, 6.07) is 0. The fourth-order valence-corrected chi connectivity index (χ4v) is 2.37. The third kappa shape index (κ3) is 2.38. The normalized spacial score (nSPS) is 29.5. The Labute approximate surface area is 89.9 Å². The van der Waals surface area contributed by atoms with Gasteiger partial charge in [0, 0.05) is 18.8 Å². The van der Waals surface area contributed by atoms with E-state index in [1.54, 1.807) is 0 Å². The zero-order chi connectivity index (χ0) is 10.6. The molecule has 4 heteroatoms. The number of hydrogen-bond donors (Lipinski definition) is 0. The number of aldehydes is 1. The molecule has 1 atom stereocenters. The molecule has 0 aromatic heterocycles. The highest BCUT2D eigenvalue weighted by Crippen LogP contribution is 2.37. The topological polar surface area (TPSA) is 44.8 Å². The van der Waals surface area contributed by atoms with E-state index in [2.05, 4.69) is 0 Å². The fourth-order valence-electron chi connectivity index (χ4n) is 2.37. The summed E-state index contributed by atoms with van der Waals surface area (Å²) in [7, 11) is 0. The van der Waals surface area contributed by atoms with Crippen molar-refractivity contribution in [2.24, 2.45) is 5.92 Å². The van der Waals surface area contributed by atoms with Gasteiger partial charge in [-0.25, -0.2) is 0 Å². The molecule has 86 valence electrons. The Bertz CT molecular complexity index is 211. The molecule has 0 amide bonds. The number of carbonyl (C=O) groups excluding carboxylic acids is 1. The van der Waals surface area contributed by atoms with Crippen molar-refractivity contribution >= 4 is 6.29 Å². The molecule has 0 aromatic rings. The van der Waals surface area contributed by atoms with Gasteiger partial charge in [-0.05, 0) is 12.8 Å². The van der Waals surface area contributed by atoms with Gasteiger partial charge in [0.05, 0.1) is 26.4 Å². The molecule has 0 aliphatic carbocycles. The Morgan fingerprint density at radius 1 is 1.27 bits per heavy atom. The lowest BCUT2D eigenvalue weighted by Crippen LogP contribution is -2.46. The number of unbranched alkanes of at least 4 members (excludes halogenated alkanes) is 1. The van der Waals surface area contributed by atoms with Gasteiger partial charge in [-0.3, -0.25) is 0 Å². The molecule has 0 radical (unpaired) electrons. The highest BCUT2D eigenvalue weighted by molar-refractivity contribution is 5.48. The summed E-state index contributed by atoms with van der Waals surface area (Å²) in [6.45, 7) is 2.78. The van der Waals surface area contributed by atoms with Crippen LogP contribution in [0.5, 0.6) is 0 Å². The van der Waals surface area contributed by atoms with E-state index in [-0.39, 0.29) is 5.92 Å². The van der Waals surface area contributed by atoms with E-state index >= 15 is 0 Å². The summed E-state index contributed by atoms with van der Waals surface area (Å²) >= 11 is 0. The van der Waals surface area contributed by atoms with Crippen molar-refractivity contribution in [2.45, 2.75) is 31.5 Å². The molecule has 2 aliphatic rings. The predicted octanol–water partition coefficient (Wildman–Crippen LogP) is 1.14. The molecular formula is C11H18O4. The van der Waals surface area contributed by atoms with Crippen molar-refractivity contribution in [1.29, 1.82) is 0 Å². The lowest BCUT2D eigenvalue weighted by Gasteiger charge is -2.39. The second-order valence-corrected chi connectivity index (χ2v) is 4.13. The van der Waals surface area contributed by atoms with Gasteiger partial charge in [-0.15, -0.1) is 0 Å². The average molecular weight is 214 g/mol. The first kappa shape index (κ1) is 11.0. The highest BCUT2D eigenvalue weighted by Gasteiger charge is 2.45. The van der Waals surface area contributed by atoms with Crippen molar-refractivity contribution in [3.8, 4) is 0 Å². The van der Waals surface area contributed by atoms with Crippen LogP contribution in [0.25, 0.3) is 0 Å². The summed E-state index contributed by atoms with van der Waals surface area (Å²) in [5, 5.41) is 0. The van der Waals surface area contributed by atoms with Gasteiger partial charge in [-0.1, -0.05) is 0 Å². The first-order valence-corrected chi connectivity index (χ1v) is 5.67. The van der Waals surface area contributed by atoms with Crippen LogP contribution in [-0.4, -0.2) is 38.5 Å². The molecule has 0 bridgehead atoms. The van der Waals surface area contributed by atoms with Crippen LogP contribution in [0.1, 0.15) is 25.7 Å². The molecular weight excluding hydrogens is 196 g/mol. The number of rotatable bonds is 4. The average Bonchev–Trinajstić information content (AvgIpc) is 2.71. The summed E-state index contributed by atoms with van der Waals surface area (Å²) < 4.78 is 16.9. The molecule has 4 nitrogen and oxygen atoms in total. The molecule has 2 saturated heterocycles. The van der Waals surface area contributed by atoms with E-state index in [1.165, 1.54) is 0 Å². The standard InChI is InChI=1S/C11H18O4/c12-5-2-1-3-10-9-13-6-4-11(10)14-7-8-15-11/h5,10H,1-4,6-9H2/t10-/m0/s1. The molecule has 2 heterocycles. The molecule has 15 heavy (non-hydrogen) atoms. The van der Waals surface area contributed by atoms with Gasteiger partial charge in [0.2, 0.25) is 0 Å². The minimum absolute atomic E-state index is 0.286. The SMILES string of the molecule is O=CCCC[C@H]1COCCC12OCCO2. The number of carbonyl (C=O) groups is 1. The van der Waals surface area contributed by atoms with Gasteiger partial charge in [-0.2, -0.15) is 0 Å². The minimum Gasteiger partial charge on any atom is -0.381 e. The third-order valence-corrected chi connectivity index (χ3v) is 3.19. The third-order valence-electron chi connectivity index (χ3n) is 3.19. The van der Waals surface area contributed by atoms with Crippen LogP contribution in [0.2, 0.25) is 0 Å². The quantitative estimate of drug-likeness (QED) is 0.520. The Kier molecular flexibility index (Phi) is 3.72. The molecule has 0 saturated carbocycles. The maximum Gasteiger partial charge on any atom is 0.175 e. The molecule has 0 N–H and O–H groups in total. The maximum atomic E-state index is 10.3. The first-order chi connectivity index (χ1) is 7.37. The van der Waals surface area contributed by atoms with Gasteiger partial charge in [0.25, 0.3) is 0 Å². The molecule has 2 fully saturated rings. The fraction of sp³-hybridized carbons (Fsp3) is 0.909. The number of ether oxygens (including phenoxy) is 3. The van der Waals surface area contributed by atoms with Crippen LogP contribution >= 0.6 is 0 Å². The Hall–Kier alpha value is -0.450. The van der Waals surface area contributed by atoms with E-state index in [9.17, 15) is 4.79 Å². The van der Waals surface area contributed by atoms with Crippen LogP contribution in [0.3, 0.4) is 0 Å². The van der Waals surface area contributed by atoms with E-state index in [0.29, 0.717) is 32.8 Å². The number of hydrogen-bond acceptors (Lipinski definition) is 4. The first-order valence-electron chi connectivity index (χ1n) is 5.67. The maximum absolute atomic E-state index is 10.3. The summed E-state index contributed by atoms with van der Waals surface area (Å²) in [5.41, 5.74) is 0. The molecule has 0 unspecified atom stereocenters. The molecule has 0 aromatic carbocycles. The predicted molar refractivity (Wildman–Crippen MR) is 53.5 cm³/mol. The van der Waals surface area contributed by atoms with Crippen molar-refractivity contribution < 1.29 is 19.0 Å². The van der Waals surface area contributed by atoms with E-state index in [4.69, 9.17) is 14.2 Å². The van der Waals surface area contributed by atoms with Gasteiger partial charge < -0.3 is 19.0 Å². The van der Waals surface area contributed by atoms with Crippen molar-refractivity contribution in [3.63, 3.8) is 0 Å².